The molecule has 5 heteroatoms. The van der Waals surface area contributed by atoms with Crippen molar-refractivity contribution >= 4 is 17.5 Å². The molecule has 0 bridgehead atoms. The summed E-state index contributed by atoms with van der Waals surface area (Å²) in [7, 11) is 1.42. The maximum Gasteiger partial charge on any atom is 0.316 e. The first kappa shape index (κ1) is 16.8. The fourth-order valence-electron chi connectivity index (χ4n) is 1.36. The molecule has 0 saturated heterocycles. The van der Waals surface area contributed by atoms with E-state index in [0.717, 1.165) is 0 Å². The van der Waals surface area contributed by atoms with Gasteiger partial charge in [0.2, 0.25) is 0 Å². The van der Waals surface area contributed by atoms with E-state index in [-0.39, 0.29) is 31.0 Å². The molecule has 0 rings (SSSR count). The second-order valence-corrected chi connectivity index (χ2v) is 4.47. The van der Waals surface area contributed by atoms with Crippen molar-refractivity contribution in [3.8, 4) is 0 Å². The van der Waals surface area contributed by atoms with Gasteiger partial charge < -0.3 is 9.47 Å². The number of methoxy groups -OCH3 is 1. The van der Waals surface area contributed by atoms with Crippen LogP contribution >= 0.6 is 0 Å². The van der Waals surface area contributed by atoms with E-state index in [1.165, 1.54) is 7.11 Å². The molecule has 1 atom stereocenters. The molecule has 5 nitrogen and oxygen atoms in total. The van der Waals surface area contributed by atoms with Crippen LogP contribution in [-0.4, -0.2) is 36.9 Å². The van der Waals surface area contributed by atoms with E-state index >= 15 is 0 Å². The van der Waals surface area contributed by atoms with Crippen molar-refractivity contribution in [2.45, 2.75) is 46.1 Å². The predicted molar refractivity (Wildman–Crippen MR) is 66.1 cm³/mol. The summed E-state index contributed by atoms with van der Waals surface area (Å²) in [5.41, 5.74) is -1.00. The van der Waals surface area contributed by atoms with Crippen LogP contribution in [0.4, 0.5) is 0 Å². The molecule has 104 valence electrons. The van der Waals surface area contributed by atoms with E-state index in [1.54, 1.807) is 27.7 Å². The SMILES string of the molecule is CCOC(=O)C(CC(=O)C(C)(C)OC)C(=O)CC. The van der Waals surface area contributed by atoms with E-state index in [2.05, 4.69) is 0 Å². The maximum absolute atomic E-state index is 12.0. The predicted octanol–water partition coefficient (Wildman–Crippen LogP) is 1.53. The van der Waals surface area contributed by atoms with Gasteiger partial charge in [-0.2, -0.15) is 0 Å². The molecule has 0 aromatic carbocycles. The Morgan fingerprint density at radius 3 is 2.11 bits per heavy atom. The zero-order chi connectivity index (χ0) is 14.3. The first-order valence-electron chi connectivity index (χ1n) is 6.07. The molecule has 0 heterocycles. The normalized spacial score (nSPS) is 12.9. The Hall–Kier alpha value is -1.23. The lowest BCUT2D eigenvalue weighted by molar-refractivity contribution is -0.155. The molecular formula is C13H22O5. The second-order valence-electron chi connectivity index (χ2n) is 4.47. The standard InChI is InChI=1S/C13H22O5/c1-6-10(14)9(12(16)18-7-2)8-11(15)13(3,4)17-5/h9H,6-8H2,1-5H3. The lowest BCUT2D eigenvalue weighted by Gasteiger charge is -2.23. The molecule has 0 saturated carbocycles. The molecule has 0 aromatic rings. The Kier molecular flexibility index (Phi) is 6.76. The number of esters is 1. The van der Waals surface area contributed by atoms with Crippen molar-refractivity contribution in [3.63, 3.8) is 0 Å². The van der Waals surface area contributed by atoms with E-state index in [0.29, 0.717) is 0 Å². The zero-order valence-electron chi connectivity index (χ0n) is 11.7. The summed E-state index contributed by atoms with van der Waals surface area (Å²) < 4.78 is 9.86. The molecule has 0 aromatic heterocycles. The first-order valence-corrected chi connectivity index (χ1v) is 6.07. The highest BCUT2D eigenvalue weighted by atomic mass is 16.5. The Balaban J connectivity index is 4.86. The number of carbonyl (C=O) groups excluding carboxylic acids is 3. The van der Waals surface area contributed by atoms with Crippen LogP contribution in [0, 0.1) is 5.92 Å². The van der Waals surface area contributed by atoms with Crippen LogP contribution in [0.15, 0.2) is 0 Å². The number of ketones is 2. The summed E-state index contributed by atoms with van der Waals surface area (Å²) in [4.78, 5) is 35.3. The van der Waals surface area contributed by atoms with Crippen LogP contribution in [0.5, 0.6) is 0 Å². The third kappa shape index (κ3) is 4.56. The summed E-state index contributed by atoms with van der Waals surface area (Å²) in [5.74, 6) is -2.22. The molecule has 18 heavy (non-hydrogen) atoms. The van der Waals surface area contributed by atoms with Crippen molar-refractivity contribution in [1.82, 2.24) is 0 Å². The maximum atomic E-state index is 12.0. The van der Waals surface area contributed by atoms with Gasteiger partial charge in [0, 0.05) is 20.0 Å². The fraction of sp³-hybridized carbons (Fsp3) is 0.769. The third-order valence-electron chi connectivity index (χ3n) is 2.88. The van der Waals surface area contributed by atoms with Crippen molar-refractivity contribution in [1.29, 1.82) is 0 Å². The van der Waals surface area contributed by atoms with E-state index in [1.807, 2.05) is 0 Å². The topological polar surface area (TPSA) is 69.7 Å². The summed E-state index contributed by atoms with van der Waals surface area (Å²) in [6.45, 7) is 6.71. The number of carbonyl (C=O) groups is 3. The summed E-state index contributed by atoms with van der Waals surface area (Å²) in [6, 6.07) is 0. The molecule has 0 aliphatic rings. The van der Waals surface area contributed by atoms with Gasteiger partial charge in [-0.05, 0) is 20.8 Å². The minimum Gasteiger partial charge on any atom is -0.465 e. The number of rotatable bonds is 8. The van der Waals surface area contributed by atoms with E-state index in [4.69, 9.17) is 9.47 Å². The van der Waals surface area contributed by atoms with Crippen molar-refractivity contribution < 1.29 is 23.9 Å². The third-order valence-corrected chi connectivity index (χ3v) is 2.88. The Bertz CT molecular complexity index is 319. The van der Waals surface area contributed by atoms with Gasteiger partial charge in [-0.3, -0.25) is 14.4 Å². The van der Waals surface area contributed by atoms with Gasteiger partial charge in [0.15, 0.2) is 5.78 Å². The van der Waals surface area contributed by atoms with Gasteiger partial charge in [0.05, 0.1) is 6.61 Å². The monoisotopic (exact) mass is 258 g/mol. The summed E-state index contributed by atoms with van der Waals surface area (Å²) in [6.07, 6.45) is 0.0243. The van der Waals surface area contributed by atoms with Crippen molar-refractivity contribution in [2.24, 2.45) is 5.92 Å². The smallest absolute Gasteiger partial charge is 0.316 e. The lowest BCUT2D eigenvalue weighted by Crippen LogP contribution is -2.38. The number of hydrogen-bond donors (Lipinski definition) is 0. The molecule has 0 radical (unpaired) electrons. The molecule has 0 amide bonds. The van der Waals surface area contributed by atoms with Gasteiger partial charge in [-0.25, -0.2) is 0 Å². The zero-order valence-corrected chi connectivity index (χ0v) is 11.7. The lowest BCUT2D eigenvalue weighted by atomic mass is 9.90. The van der Waals surface area contributed by atoms with E-state index in [9.17, 15) is 14.4 Å². The van der Waals surface area contributed by atoms with Crippen LogP contribution in [-0.2, 0) is 23.9 Å². The average molecular weight is 258 g/mol. The van der Waals surface area contributed by atoms with Crippen molar-refractivity contribution in [3.05, 3.63) is 0 Å². The minimum atomic E-state index is -1.02. The van der Waals surface area contributed by atoms with Crippen LogP contribution in [0.2, 0.25) is 0 Å². The highest BCUT2D eigenvalue weighted by molar-refractivity contribution is 6.03. The van der Waals surface area contributed by atoms with E-state index < -0.39 is 17.5 Å². The highest BCUT2D eigenvalue weighted by Crippen LogP contribution is 2.18. The van der Waals surface area contributed by atoms with Crippen LogP contribution < -0.4 is 0 Å². The molecule has 0 aliphatic heterocycles. The Morgan fingerprint density at radius 2 is 1.72 bits per heavy atom. The molecule has 0 spiro atoms. The molecular weight excluding hydrogens is 236 g/mol. The van der Waals surface area contributed by atoms with Crippen LogP contribution in [0.25, 0.3) is 0 Å². The minimum absolute atomic E-state index is 0.174. The highest BCUT2D eigenvalue weighted by Gasteiger charge is 2.35. The van der Waals surface area contributed by atoms with Crippen LogP contribution in [0.1, 0.15) is 40.5 Å². The average Bonchev–Trinajstić information content (AvgIpc) is 2.34. The second kappa shape index (κ2) is 7.26. The van der Waals surface area contributed by atoms with Gasteiger partial charge >= 0.3 is 5.97 Å². The molecule has 0 aliphatic carbocycles. The summed E-state index contributed by atoms with van der Waals surface area (Å²) >= 11 is 0. The fourth-order valence-corrected chi connectivity index (χ4v) is 1.36. The molecule has 1 unspecified atom stereocenters. The molecule has 0 fully saturated rings. The van der Waals surface area contributed by atoms with Gasteiger partial charge in [-0.1, -0.05) is 6.92 Å². The van der Waals surface area contributed by atoms with Crippen molar-refractivity contribution in [2.75, 3.05) is 13.7 Å². The quantitative estimate of drug-likeness (QED) is 0.488. The Morgan fingerprint density at radius 1 is 1.17 bits per heavy atom. The van der Waals surface area contributed by atoms with Crippen LogP contribution in [0.3, 0.4) is 0 Å². The van der Waals surface area contributed by atoms with Gasteiger partial charge in [0.25, 0.3) is 0 Å². The summed E-state index contributed by atoms with van der Waals surface area (Å²) in [5, 5.41) is 0. The number of hydrogen-bond acceptors (Lipinski definition) is 5. The molecule has 0 N–H and O–H groups in total. The number of Topliss-reactive ketones (excluding diaryl/α,β-unsaturated/α-hetero) is 2. The van der Waals surface area contributed by atoms with Gasteiger partial charge in [-0.15, -0.1) is 0 Å². The Labute approximate surface area is 108 Å². The van der Waals surface area contributed by atoms with Gasteiger partial charge in [0.1, 0.15) is 17.3 Å². The first-order chi connectivity index (χ1) is 8.30. The number of ether oxygens (including phenoxy) is 2. The largest absolute Gasteiger partial charge is 0.465 e.